The van der Waals surface area contributed by atoms with Gasteiger partial charge in [0.1, 0.15) is 0 Å². The highest BCUT2D eigenvalue weighted by molar-refractivity contribution is 5.78. The third kappa shape index (κ3) is 4.83. The van der Waals surface area contributed by atoms with Crippen LogP contribution in [0.5, 0.6) is 0 Å². The van der Waals surface area contributed by atoms with E-state index in [0.29, 0.717) is 31.5 Å². The summed E-state index contributed by atoms with van der Waals surface area (Å²) >= 11 is 0. The van der Waals surface area contributed by atoms with Crippen LogP contribution >= 0.6 is 0 Å². The third-order valence-corrected chi connectivity index (χ3v) is 4.48. The monoisotopic (exact) mass is 289 g/mol. The molecule has 0 spiro atoms. The Morgan fingerprint density at radius 3 is 2.76 bits per heavy atom. The summed E-state index contributed by atoms with van der Waals surface area (Å²) in [6.45, 7) is 8.05. The van der Waals surface area contributed by atoms with Crippen LogP contribution in [0.3, 0.4) is 0 Å². The van der Waals surface area contributed by atoms with E-state index in [1.54, 1.807) is 0 Å². The van der Waals surface area contributed by atoms with Crippen LogP contribution in [-0.4, -0.2) is 37.0 Å². The maximum Gasteiger partial charge on any atom is 0.234 e. The zero-order chi connectivity index (χ0) is 15.2. The van der Waals surface area contributed by atoms with Crippen LogP contribution in [0.1, 0.15) is 24.5 Å². The van der Waals surface area contributed by atoms with Crippen LogP contribution < -0.4 is 11.1 Å². The summed E-state index contributed by atoms with van der Waals surface area (Å²) < 4.78 is 0. The third-order valence-electron chi connectivity index (χ3n) is 4.48. The first-order chi connectivity index (χ1) is 10.1. The fraction of sp³-hybridized carbons (Fsp3) is 0.588. The van der Waals surface area contributed by atoms with E-state index >= 15 is 0 Å². The Morgan fingerprint density at radius 1 is 1.38 bits per heavy atom. The quantitative estimate of drug-likeness (QED) is 0.864. The van der Waals surface area contributed by atoms with Gasteiger partial charge in [-0.1, -0.05) is 36.8 Å². The second-order valence-electron chi connectivity index (χ2n) is 6.26. The van der Waals surface area contributed by atoms with Crippen LogP contribution in [0, 0.1) is 18.8 Å². The highest BCUT2D eigenvalue weighted by Crippen LogP contribution is 2.21. The van der Waals surface area contributed by atoms with E-state index in [4.69, 9.17) is 5.73 Å². The van der Waals surface area contributed by atoms with Gasteiger partial charge in [0, 0.05) is 13.1 Å². The largest absolute Gasteiger partial charge is 0.351 e. The van der Waals surface area contributed by atoms with Crippen LogP contribution in [0.2, 0.25) is 0 Å². The Labute approximate surface area is 127 Å². The topological polar surface area (TPSA) is 58.4 Å². The number of hydrogen-bond donors (Lipinski definition) is 2. The number of hydrogen-bond acceptors (Lipinski definition) is 3. The molecular weight excluding hydrogens is 262 g/mol. The first kappa shape index (κ1) is 16.0. The minimum Gasteiger partial charge on any atom is -0.351 e. The molecule has 0 saturated carbocycles. The van der Waals surface area contributed by atoms with E-state index in [0.717, 1.165) is 25.1 Å². The molecule has 116 valence electrons. The maximum atomic E-state index is 12.0. The van der Waals surface area contributed by atoms with Gasteiger partial charge >= 0.3 is 0 Å². The number of amides is 1. The maximum absolute atomic E-state index is 12.0. The van der Waals surface area contributed by atoms with Crippen molar-refractivity contribution >= 4 is 5.91 Å². The number of carbonyl (C=O) groups excluding carboxylic acids is 1. The number of benzene rings is 1. The van der Waals surface area contributed by atoms with E-state index in [2.05, 4.69) is 48.3 Å². The molecule has 4 nitrogen and oxygen atoms in total. The highest BCUT2D eigenvalue weighted by Gasteiger charge is 2.25. The second kappa shape index (κ2) is 7.57. The van der Waals surface area contributed by atoms with Crippen molar-refractivity contribution in [3.63, 3.8) is 0 Å². The summed E-state index contributed by atoms with van der Waals surface area (Å²) in [6.07, 6.45) is 1.13. The minimum atomic E-state index is 0.0981. The number of nitrogens with one attached hydrogen (secondary N) is 1. The number of carbonyl (C=O) groups is 1. The molecule has 1 aliphatic heterocycles. The lowest BCUT2D eigenvalue weighted by Crippen LogP contribution is -2.46. The van der Waals surface area contributed by atoms with Crippen LogP contribution in [0.25, 0.3) is 0 Å². The van der Waals surface area contributed by atoms with Gasteiger partial charge in [-0.05, 0) is 43.8 Å². The lowest BCUT2D eigenvalue weighted by molar-refractivity contribution is -0.123. The molecule has 2 atom stereocenters. The van der Waals surface area contributed by atoms with Gasteiger partial charge in [0.25, 0.3) is 0 Å². The lowest BCUT2D eigenvalue weighted by Gasteiger charge is -2.36. The van der Waals surface area contributed by atoms with Gasteiger partial charge < -0.3 is 11.1 Å². The van der Waals surface area contributed by atoms with Crippen molar-refractivity contribution in [1.29, 1.82) is 0 Å². The average Bonchev–Trinajstić information content (AvgIpc) is 2.48. The fourth-order valence-electron chi connectivity index (χ4n) is 2.84. The molecule has 3 N–H and O–H groups in total. The van der Waals surface area contributed by atoms with E-state index in [1.807, 2.05) is 0 Å². The molecule has 1 saturated heterocycles. The molecule has 2 rings (SSSR count). The molecule has 0 radical (unpaired) electrons. The smallest absolute Gasteiger partial charge is 0.234 e. The Bertz CT molecular complexity index is 458. The van der Waals surface area contributed by atoms with Crippen molar-refractivity contribution in [2.75, 3.05) is 26.2 Å². The van der Waals surface area contributed by atoms with Gasteiger partial charge in [-0.25, -0.2) is 0 Å². The predicted molar refractivity (Wildman–Crippen MR) is 85.8 cm³/mol. The Balaban J connectivity index is 1.75. The zero-order valence-corrected chi connectivity index (χ0v) is 13.1. The number of rotatable bonds is 5. The van der Waals surface area contributed by atoms with Gasteiger partial charge in [0.15, 0.2) is 0 Å². The highest BCUT2D eigenvalue weighted by atomic mass is 16.2. The molecule has 1 aromatic carbocycles. The predicted octanol–water partition coefficient (Wildman–Crippen LogP) is 1.53. The molecule has 0 aliphatic carbocycles. The number of piperidine rings is 1. The summed E-state index contributed by atoms with van der Waals surface area (Å²) in [7, 11) is 0. The van der Waals surface area contributed by atoms with Crippen molar-refractivity contribution in [3.8, 4) is 0 Å². The van der Waals surface area contributed by atoms with Crippen LogP contribution in [-0.2, 0) is 11.3 Å². The summed E-state index contributed by atoms with van der Waals surface area (Å²) in [6, 6.07) is 8.25. The molecular formula is C17H27N3O. The molecule has 4 heteroatoms. The van der Waals surface area contributed by atoms with Crippen molar-refractivity contribution in [1.82, 2.24) is 10.2 Å². The Kier molecular flexibility index (Phi) is 5.76. The number of aryl methyl sites for hydroxylation is 1. The first-order valence-corrected chi connectivity index (χ1v) is 7.83. The molecule has 1 fully saturated rings. The standard InChI is InChI=1S/C17H27N3O/c1-13-3-5-15(6-4-13)10-19-17(21)12-20-8-7-14(2)16(9-18)11-20/h3-6,14,16H,7-12,18H2,1-2H3,(H,19,21). The number of nitrogens with two attached hydrogens (primary N) is 1. The molecule has 1 amide bonds. The molecule has 1 aliphatic rings. The SMILES string of the molecule is Cc1ccc(CNC(=O)CN2CCC(C)C(CN)C2)cc1. The van der Waals surface area contributed by atoms with E-state index in [1.165, 1.54) is 5.56 Å². The van der Waals surface area contributed by atoms with Gasteiger partial charge in [0.2, 0.25) is 5.91 Å². The van der Waals surface area contributed by atoms with E-state index < -0.39 is 0 Å². The molecule has 21 heavy (non-hydrogen) atoms. The van der Waals surface area contributed by atoms with Crippen molar-refractivity contribution in [3.05, 3.63) is 35.4 Å². The van der Waals surface area contributed by atoms with Crippen LogP contribution in [0.4, 0.5) is 0 Å². The van der Waals surface area contributed by atoms with E-state index in [9.17, 15) is 4.79 Å². The fourth-order valence-corrected chi connectivity index (χ4v) is 2.84. The van der Waals surface area contributed by atoms with E-state index in [-0.39, 0.29) is 5.91 Å². The normalized spacial score (nSPS) is 23.0. The summed E-state index contributed by atoms with van der Waals surface area (Å²) in [5, 5.41) is 3.00. The Morgan fingerprint density at radius 2 is 2.10 bits per heavy atom. The Hall–Kier alpha value is -1.39. The number of nitrogens with zero attached hydrogens (tertiary/aromatic N) is 1. The molecule has 0 bridgehead atoms. The second-order valence-corrected chi connectivity index (χ2v) is 6.26. The summed E-state index contributed by atoms with van der Waals surface area (Å²) in [5.41, 5.74) is 8.18. The lowest BCUT2D eigenvalue weighted by atomic mass is 9.87. The number of likely N-dealkylation sites (tertiary alicyclic amines) is 1. The van der Waals surface area contributed by atoms with Gasteiger partial charge in [-0.15, -0.1) is 0 Å². The molecule has 2 unspecified atom stereocenters. The molecule has 1 heterocycles. The van der Waals surface area contributed by atoms with Crippen molar-refractivity contribution < 1.29 is 4.79 Å². The zero-order valence-electron chi connectivity index (χ0n) is 13.1. The minimum absolute atomic E-state index is 0.0981. The summed E-state index contributed by atoms with van der Waals surface area (Å²) in [5.74, 6) is 1.28. The molecule has 1 aromatic rings. The van der Waals surface area contributed by atoms with Crippen molar-refractivity contribution in [2.24, 2.45) is 17.6 Å². The van der Waals surface area contributed by atoms with Gasteiger partial charge in [-0.3, -0.25) is 9.69 Å². The van der Waals surface area contributed by atoms with Gasteiger partial charge in [-0.2, -0.15) is 0 Å². The average molecular weight is 289 g/mol. The summed E-state index contributed by atoms with van der Waals surface area (Å²) in [4.78, 5) is 14.3. The van der Waals surface area contributed by atoms with Crippen molar-refractivity contribution in [2.45, 2.75) is 26.8 Å². The van der Waals surface area contributed by atoms with Crippen LogP contribution in [0.15, 0.2) is 24.3 Å². The van der Waals surface area contributed by atoms with Gasteiger partial charge in [0.05, 0.1) is 6.54 Å². The first-order valence-electron chi connectivity index (χ1n) is 7.83. The molecule has 0 aromatic heterocycles.